The van der Waals surface area contributed by atoms with Crippen molar-refractivity contribution >= 4 is 23.0 Å². The number of nitrogens with one attached hydrogen (secondary N) is 2. The summed E-state index contributed by atoms with van der Waals surface area (Å²) < 4.78 is 5.62. The van der Waals surface area contributed by atoms with Crippen molar-refractivity contribution in [2.45, 2.75) is 33.2 Å². The Bertz CT molecular complexity index is 1140. The lowest BCUT2D eigenvalue weighted by Crippen LogP contribution is -2.37. The number of hydrogen-bond acceptors (Lipinski definition) is 8. The van der Waals surface area contributed by atoms with Crippen molar-refractivity contribution in [2.24, 2.45) is 0 Å². The first-order valence-electron chi connectivity index (χ1n) is 10.2. The first-order chi connectivity index (χ1) is 15.2. The Labute approximate surface area is 186 Å². The molecule has 1 aromatic heterocycles. The van der Waals surface area contributed by atoms with Crippen LogP contribution in [0.2, 0.25) is 0 Å². The fraction of sp³-hybridized carbons (Fsp3) is 0.348. The number of aromatic hydroxyl groups is 1. The quantitative estimate of drug-likeness (QED) is 0.324. The number of rotatable bonds is 7. The highest BCUT2D eigenvalue weighted by Crippen LogP contribution is 2.33. The molecule has 3 rings (SSSR count). The second kappa shape index (κ2) is 10.6. The number of benzene rings is 1. The summed E-state index contributed by atoms with van der Waals surface area (Å²) in [6, 6.07) is 7.94. The first-order valence-corrected chi connectivity index (χ1v) is 10.2. The lowest BCUT2D eigenvalue weighted by Gasteiger charge is -2.21. The van der Waals surface area contributed by atoms with Crippen molar-refractivity contribution in [1.82, 2.24) is 4.90 Å². The van der Waals surface area contributed by atoms with Crippen LogP contribution in [0.5, 0.6) is 5.75 Å². The Hall–Kier alpha value is -3.59. The topological polar surface area (TPSA) is 132 Å². The number of phenols is 1. The van der Waals surface area contributed by atoms with Gasteiger partial charge >= 0.3 is 0 Å². The standard InChI is InChI=1S/C21H23N3O5.C2H6O/c1-5-13(15-10-9-11(2)29-15)22-16-17(20(27)19(16)26)23-14-8-6-7-12(18(14)25)21(28)24(3)4;1-2-3/h6-10,13,22-23,25H,5H2,1-4H3;3H,2H2,1H3/t13-;/m1./s1. The van der Waals surface area contributed by atoms with Crippen LogP contribution < -0.4 is 21.5 Å². The van der Waals surface area contributed by atoms with Crippen LogP contribution in [0.25, 0.3) is 0 Å². The minimum absolute atomic E-state index is 0.0430. The normalized spacial score (nSPS) is 11.4. The van der Waals surface area contributed by atoms with Gasteiger partial charge in [-0.1, -0.05) is 13.0 Å². The molecule has 0 fully saturated rings. The number of phenolic OH excluding ortho intramolecular Hbond substituents is 1. The molecule has 0 bridgehead atoms. The van der Waals surface area contributed by atoms with E-state index in [4.69, 9.17) is 9.52 Å². The van der Waals surface area contributed by atoms with E-state index < -0.39 is 10.9 Å². The molecule has 2 aromatic carbocycles. The van der Waals surface area contributed by atoms with E-state index in [-0.39, 0.29) is 46.9 Å². The van der Waals surface area contributed by atoms with Gasteiger partial charge in [-0.25, -0.2) is 0 Å². The average molecular weight is 444 g/mol. The number of aryl methyl sites for hydroxylation is 1. The summed E-state index contributed by atoms with van der Waals surface area (Å²) in [6.45, 7) is 5.68. The molecule has 0 aliphatic rings. The van der Waals surface area contributed by atoms with E-state index >= 15 is 0 Å². The summed E-state index contributed by atoms with van der Waals surface area (Å²) >= 11 is 0. The van der Waals surface area contributed by atoms with E-state index in [2.05, 4.69) is 10.6 Å². The third-order valence-electron chi connectivity index (χ3n) is 4.67. The molecule has 0 spiro atoms. The van der Waals surface area contributed by atoms with Gasteiger partial charge in [-0.3, -0.25) is 14.4 Å². The molecule has 9 heteroatoms. The molecule has 3 aromatic rings. The maximum absolute atomic E-state index is 12.2. The Kier molecular flexibility index (Phi) is 8.20. The minimum atomic E-state index is -0.693. The van der Waals surface area contributed by atoms with E-state index in [1.807, 2.05) is 26.0 Å². The number of hydrogen-bond donors (Lipinski definition) is 4. The van der Waals surface area contributed by atoms with Gasteiger partial charge in [-0.05, 0) is 44.5 Å². The van der Waals surface area contributed by atoms with Crippen molar-refractivity contribution < 1.29 is 19.4 Å². The highest BCUT2D eigenvalue weighted by molar-refractivity contribution is 5.99. The molecule has 1 heterocycles. The van der Waals surface area contributed by atoms with Gasteiger partial charge < -0.3 is 30.2 Å². The number of carbonyl (C=O) groups excluding carboxylic acids is 1. The molecule has 0 saturated heterocycles. The van der Waals surface area contributed by atoms with Gasteiger partial charge in [0.15, 0.2) is 5.75 Å². The van der Waals surface area contributed by atoms with Crippen LogP contribution in [0.15, 0.2) is 44.3 Å². The van der Waals surface area contributed by atoms with Crippen LogP contribution >= 0.6 is 0 Å². The number of para-hydroxylation sites is 1. The smallest absolute Gasteiger partial charge is 0.257 e. The molecule has 0 aliphatic carbocycles. The van der Waals surface area contributed by atoms with Crippen LogP contribution in [-0.4, -0.2) is 41.7 Å². The highest BCUT2D eigenvalue weighted by atomic mass is 16.3. The van der Waals surface area contributed by atoms with E-state index in [9.17, 15) is 19.5 Å². The summed E-state index contributed by atoms with van der Waals surface area (Å²) in [5.41, 5.74) is -0.919. The molecule has 172 valence electrons. The Balaban J connectivity index is 0.00000114. The number of furan rings is 1. The fourth-order valence-electron chi connectivity index (χ4n) is 3.03. The number of aliphatic hydroxyl groups is 1. The number of anilines is 3. The number of carbonyl (C=O) groups is 1. The third-order valence-corrected chi connectivity index (χ3v) is 4.67. The number of nitrogens with zero attached hydrogens (tertiary/aromatic N) is 1. The van der Waals surface area contributed by atoms with Crippen LogP contribution in [-0.2, 0) is 0 Å². The molecule has 0 unspecified atom stereocenters. The van der Waals surface area contributed by atoms with Crippen molar-refractivity contribution in [2.75, 3.05) is 31.3 Å². The van der Waals surface area contributed by atoms with Gasteiger partial charge in [0.05, 0.1) is 17.3 Å². The Morgan fingerprint density at radius 1 is 1.09 bits per heavy atom. The van der Waals surface area contributed by atoms with Crippen LogP contribution in [0.4, 0.5) is 17.1 Å². The Morgan fingerprint density at radius 2 is 1.72 bits per heavy atom. The molecule has 0 radical (unpaired) electrons. The molecule has 0 saturated carbocycles. The van der Waals surface area contributed by atoms with Gasteiger partial charge in [0, 0.05) is 20.7 Å². The SMILES string of the molecule is CCO.CC[C@@H](Nc1c(Nc2cccc(C(=O)N(C)C)c2O)c(=O)c1=O)c1ccc(C)o1. The second-order valence-corrected chi connectivity index (χ2v) is 7.30. The predicted octanol–water partition coefficient (Wildman–Crippen LogP) is 2.90. The zero-order valence-corrected chi connectivity index (χ0v) is 18.9. The summed E-state index contributed by atoms with van der Waals surface area (Å²) in [7, 11) is 3.14. The molecule has 9 nitrogen and oxygen atoms in total. The lowest BCUT2D eigenvalue weighted by molar-refractivity contribution is 0.0824. The maximum Gasteiger partial charge on any atom is 0.257 e. The molecule has 0 aliphatic heterocycles. The summed E-state index contributed by atoms with van der Waals surface area (Å²) in [6.07, 6.45) is 0.628. The van der Waals surface area contributed by atoms with Crippen LogP contribution in [0.3, 0.4) is 0 Å². The van der Waals surface area contributed by atoms with Crippen molar-refractivity contribution in [3.05, 3.63) is 67.9 Å². The van der Waals surface area contributed by atoms with E-state index in [1.54, 1.807) is 27.1 Å². The molecule has 1 amide bonds. The van der Waals surface area contributed by atoms with Crippen molar-refractivity contribution in [3.63, 3.8) is 0 Å². The lowest BCUT2D eigenvalue weighted by atomic mass is 10.1. The molecule has 32 heavy (non-hydrogen) atoms. The van der Waals surface area contributed by atoms with E-state index in [0.717, 1.165) is 5.76 Å². The minimum Gasteiger partial charge on any atom is -0.505 e. The van der Waals surface area contributed by atoms with Gasteiger partial charge in [-0.15, -0.1) is 0 Å². The average Bonchev–Trinajstić information content (AvgIpc) is 3.20. The monoisotopic (exact) mass is 443 g/mol. The first kappa shape index (κ1) is 24.7. The van der Waals surface area contributed by atoms with Gasteiger partial charge in [0.1, 0.15) is 22.9 Å². The van der Waals surface area contributed by atoms with Gasteiger partial charge in [0.2, 0.25) is 0 Å². The predicted molar refractivity (Wildman–Crippen MR) is 124 cm³/mol. The Morgan fingerprint density at radius 3 is 2.25 bits per heavy atom. The molecular weight excluding hydrogens is 414 g/mol. The third kappa shape index (κ3) is 5.17. The zero-order chi connectivity index (χ0) is 24.0. The fourth-order valence-corrected chi connectivity index (χ4v) is 3.03. The molecule has 4 N–H and O–H groups in total. The van der Waals surface area contributed by atoms with Crippen LogP contribution in [0.1, 0.15) is 48.2 Å². The summed E-state index contributed by atoms with van der Waals surface area (Å²) in [5, 5.41) is 23.9. The summed E-state index contributed by atoms with van der Waals surface area (Å²) in [4.78, 5) is 37.8. The van der Waals surface area contributed by atoms with Crippen molar-refractivity contribution in [3.8, 4) is 5.75 Å². The molecule has 1 atom stereocenters. The van der Waals surface area contributed by atoms with Gasteiger partial charge in [0.25, 0.3) is 16.8 Å². The van der Waals surface area contributed by atoms with Crippen LogP contribution in [0, 0.1) is 6.92 Å². The van der Waals surface area contributed by atoms with Crippen molar-refractivity contribution in [1.29, 1.82) is 0 Å². The maximum atomic E-state index is 12.2. The van der Waals surface area contributed by atoms with Gasteiger partial charge in [-0.2, -0.15) is 0 Å². The highest BCUT2D eigenvalue weighted by Gasteiger charge is 2.26. The zero-order valence-electron chi connectivity index (χ0n) is 18.9. The second-order valence-electron chi connectivity index (χ2n) is 7.30. The van der Waals surface area contributed by atoms with E-state index in [0.29, 0.717) is 12.2 Å². The number of amides is 1. The largest absolute Gasteiger partial charge is 0.505 e. The summed E-state index contributed by atoms with van der Waals surface area (Å²) in [5.74, 6) is 0.730. The number of aliphatic hydroxyl groups excluding tert-OH is 1. The van der Waals surface area contributed by atoms with E-state index in [1.165, 1.54) is 17.0 Å². The molecular formula is C23H29N3O6.